The van der Waals surface area contributed by atoms with E-state index in [1.165, 1.54) is 151 Å². The van der Waals surface area contributed by atoms with Crippen molar-refractivity contribution in [2.24, 2.45) is 20.0 Å². The van der Waals surface area contributed by atoms with Crippen LogP contribution >= 0.6 is 0 Å². The van der Waals surface area contributed by atoms with E-state index < -0.39 is 5.91 Å². The van der Waals surface area contributed by atoms with Crippen LogP contribution in [0.5, 0.6) is 46.0 Å². The van der Waals surface area contributed by atoms with Gasteiger partial charge < -0.3 is 18.9 Å². The summed E-state index contributed by atoms with van der Waals surface area (Å²) in [5, 5.41) is 0. The summed E-state index contributed by atoms with van der Waals surface area (Å²) in [6, 6.07) is 60.6. The highest BCUT2D eigenvalue weighted by Gasteiger charge is 2.78. The lowest BCUT2D eigenvalue weighted by molar-refractivity contribution is -1.06. The summed E-state index contributed by atoms with van der Waals surface area (Å²) in [6.07, 6.45) is 83.7. The minimum absolute atomic E-state index is 0.715. The third kappa shape index (κ3) is 22.4. The van der Waals surface area contributed by atoms with Crippen molar-refractivity contribution in [3.05, 3.63) is 334 Å². The molecule has 0 bridgehead atoms. The number of aryl methyl sites for hydroxylation is 4. The lowest BCUT2D eigenvalue weighted by Crippen LogP contribution is -2.76. The van der Waals surface area contributed by atoms with Crippen LogP contribution in [0.25, 0.3) is 0 Å². The number of hydrogen-bond donors (Lipinski definition) is 0. The van der Waals surface area contributed by atoms with Crippen LogP contribution in [0, 0.1) is 0 Å². The normalized spacial score (nSPS) is 15.2. The molecule has 1 spiro atoms. The molecule has 8 aliphatic rings. The number of benzene rings is 8. The number of rotatable bonds is 56. The van der Waals surface area contributed by atoms with Crippen molar-refractivity contribution in [1.82, 2.24) is 0 Å². The van der Waals surface area contributed by atoms with Gasteiger partial charge in [-0.25, -0.2) is 0 Å². The molecule has 8 aliphatic heterocycles. The minimum atomic E-state index is -1.32. The first-order chi connectivity index (χ1) is 63.9. The van der Waals surface area contributed by atoms with Crippen LogP contribution in [-0.4, -0.2) is 70.9 Å². The number of hydrogen-bond acceptors (Lipinski definition) is 8. The molecular weight excluding hydrogens is 1580 g/mol. The monoisotopic (exact) mass is 1720 g/mol. The molecule has 0 unspecified atom stereocenters. The summed E-state index contributed by atoms with van der Waals surface area (Å²) in [4.78, 5) is 23.8. The van der Waals surface area contributed by atoms with Gasteiger partial charge in [-0.05, 0) is 298 Å². The predicted octanol–water partition coefficient (Wildman–Crippen LogP) is 30.4. The average molecular weight is 1720 g/mol. The van der Waals surface area contributed by atoms with Gasteiger partial charge >= 0.3 is 5.91 Å². The van der Waals surface area contributed by atoms with Crippen LogP contribution in [0.15, 0.2) is 287 Å². The highest BCUT2D eigenvalue weighted by Crippen LogP contribution is 2.49. The van der Waals surface area contributed by atoms with Crippen LogP contribution < -0.4 is 18.9 Å². The van der Waals surface area contributed by atoms with Crippen molar-refractivity contribution in [3.8, 4) is 46.0 Å². The Morgan fingerprint density at radius 1 is 0.217 bits per heavy atom. The molecule has 0 amide bonds. The maximum Gasteiger partial charge on any atom is 0.491 e. The van der Waals surface area contributed by atoms with Crippen molar-refractivity contribution in [2.45, 2.75) is 290 Å². The van der Waals surface area contributed by atoms with Crippen molar-refractivity contribution in [3.63, 3.8) is 0 Å². The number of ether oxygens (including phenoxy) is 4. The molecule has 129 heavy (non-hydrogen) atoms. The standard InChI is InChI=1S/C117H136N8O4/c1-5-9-13-17-21-25-29-33-37-41-45-49-53-61-89-65-57-69-93(81-89)126-97-73-77-101-105(85-97)113-118-110-102-78-74-98(127-94-70-58-66-90(82-94)62-54-50-46-42-38-34-30-26-22-18-14-10-6-2)86-106(102)115-120-112-104-80-76-100(129-96-72-60-68-92(84-96)64-56-52-48-44-40-36-32-28-24-20-16-12-8-4)88-108(104)116-121-111-103-79-75-99(87-107(103)114-119-109(101)122(113)117(123(110)115,124(111)114)125(112)116)128-95-71-59-67-91(83-95)63-55-51-47-43-39-35-31-27-23-19-15-11-7-3/h13-20,25-32,57-60,65-88H,5-12,21-24,33-56,61-64H2,1-4H3/q+4/b17-13+,18-14+,19-15+,20-16+,29-25+,30-26+,31-27+,32-28+. The Morgan fingerprint density at radius 2 is 0.426 bits per heavy atom. The van der Waals surface area contributed by atoms with Crippen LogP contribution in [0.4, 0.5) is 0 Å². The SMILES string of the molecule is CCC/C=C/C/C=C/CCCCCCCc1cccc(Oc2ccc3c(c2)C2=[N+]4C3=NC3=[N+]5C(=NC6=[N+]7C(=NC8=[N+](C(=N2)c2ccc(Oc9cccc(CCCCCCC/C=C/C/C=C/CCC)c9)cc28)C475)c2ccc(Oc4cccc(CCCCCCC/C=C/C/C=C/CCC)c4)cc26)c2ccc(Oc4cccc(CCCCCCC/C=C/C/C=C/CCC)c4)cc23)c1. The molecule has 0 fully saturated rings. The van der Waals surface area contributed by atoms with Crippen molar-refractivity contribution in [2.75, 3.05) is 0 Å². The number of nitrogens with zero attached hydrogens (tertiary/aromatic N) is 8. The Balaban J connectivity index is 0.716. The number of amidine groups is 8. The molecule has 0 aliphatic carbocycles. The zero-order valence-electron chi connectivity index (χ0n) is 77.4. The van der Waals surface area contributed by atoms with Crippen LogP contribution in [0.3, 0.4) is 0 Å². The molecule has 12 nitrogen and oxygen atoms in total. The molecule has 8 aromatic rings. The van der Waals surface area contributed by atoms with Gasteiger partial charge in [-0.3, -0.25) is 0 Å². The van der Waals surface area contributed by atoms with E-state index in [-0.39, 0.29) is 0 Å². The van der Waals surface area contributed by atoms with E-state index in [0.717, 1.165) is 243 Å². The summed E-state index contributed by atoms with van der Waals surface area (Å²) in [5.74, 6) is 10.8. The molecule has 664 valence electrons. The van der Waals surface area contributed by atoms with Crippen molar-refractivity contribution >= 4 is 46.7 Å². The van der Waals surface area contributed by atoms with E-state index in [1.54, 1.807) is 0 Å². The van der Waals surface area contributed by atoms with Gasteiger partial charge in [0.15, 0.2) is 0 Å². The maximum atomic E-state index is 7.04. The van der Waals surface area contributed by atoms with Crippen LogP contribution in [-0.2, 0) is 25.7 Å². The number of fused-ring (bicyclic) bond motifs is 12. The molecular formula is C117H136N8O4+4. The van der Waals surface area contributed by atoms with E-state index in [0.29, 0.717) is 23.0 Å². The summed E-state index contributed by atoms with van der Waals surface area (Å²) < 4.78 is 37.6. The topological polar surface area (TPSA) is 98.4 Å². The Bertz CT molecular complexity index is 5090. The average Bonchev–Trinajstić information content (AvgIpc) is 1.46. The second kappa shape index (κ2) is 46.5. The first-order valence-electron chi connectivity index (χ1n) is 49.8. The van der Waals surface area contributed by atoms with Crippen molar-refractivity contribution < 1.29 is 37.2 Å². The second-order valence-electron chi connectivity index (χ2n) is 35.9. The fraction of sp³-hybridized carbons (Fsp3) is 0.385. The number of allylic oxidation sites excluding steroid dienone is 16. The maximum absolute atomic E-state index is 7.04. The predicted molar refractivity (Wildman–Crippen MR) is 535 cm³/mol. The molecule has 12 heteroatoms. The molecule has 16 rings (SSSR count). The van der Waals surface area contributed by atoms with E-state index >= 15 is 0 Å². The zero-order valence-corrected chi connectivity index (χ0v) is 77.4. The van der Waals surface area contributed by atoms with Gasteiger partial charge in [0.1, 0.15) is 46.0 Å². The lowest BCUT2D eigenvalue weighted by Gasteiger charge is -2.38. The summed E-state index contributed by atoms with van der Waals surface area (Å²) in [7, 11) is 0. The molecule has 0 aromatic heterocycles. The largest absolute Gasteiger partial charge is 0.491 e. The van der Waals surface area contributed by atoms with Gasteiger partial charge in [0.05, 0.1) is 44.5 Å². The van der Waals surface area contributed by atoms with Crippen LogP contribution in [0.2, 0.25) is 0 Å². The molecule has 0 atom stereocenters. The highest BCUT2D eigenvalue weighted by molar-refractivity contribution is 6.30. The molecule has 8 heterocycles. The number of aliphatic imine (C=N–C) groups is 4. The number of unbranched alkanes of at least 4 members (excludes halogenated alkanes) is 24. The minimum Gasteiger partial charge on any atom is -0.457 e. The summed E-state index contributed by atoms with van der Waals surface area (Å²) >= 11 is 0. The van der Waals surface area contributed by atoms with E-state index in [1.807, 2.05) is 0 Å². The lowest BCUT2D eigenvalue weighted by atomic mass is 10.0. The molecule has 0 N–H and O–H groups in total. The third-order valence-corrected chi connectivity index (χ3v) is 25.8. The van der Waals surface area contributed by atoms with Crippen LogP contribution in [0.1, 0.15) is 326 Å². The van der Waals surface area contributed by atoms with Gasteiger partial charge in [-0.15, -0.1) is 18.3 Å². The van der Waals surface area contributed by atoms with Gasteiger partial charge in [-0.2, -0.15) is 0 Å². The quantitative estimate of drug-likeness (QED) is 0.0215. The molecule has 8 aromatic carbocycles. The highest BCUT2D eigenvalue weighted by atomic mass is 16.5. The second-order valence-corrected chi connectivity index (χ2v) is 35.9. The Labute approximate surface area is 769 Å². The Hall–Kier alpha value is -11.8. The van der Waals surface area contributed by atoms with Crippen molar-refractivity contribution in [1.29, 1.82) is 0 Å². The smallest absolute Gasteiger partial charge is 0.457 e. The van der Waals surface area contributed by atoms with E-state index in [4.69, 9.17) is 38.9 Å². The summed E-state index contributed by atoms with van der Waals surface area (Å²) in [6.45, 7) is 8.93. The molecule has 0 radical (unpaired) electrons. The third-order valence-electron chi connectivity index (χ3n) is 25.8. The van der Waals surface area contributed by atoms with Gasteiger partial charge in [0.25, 0.3) is 46.7 Å². The molecule has 0 saturated heterocycles. The Morgan fingerprint density at radius 3 is 0.659 bits per heavy atom. The van der Waals surface area contributed by atoms with E-state index in [2.05, 4.69) is 313 Å². The fourth-order valence-corrected chi connectivity index (χ4v) is 19.0. The Kier molecular flexibility index (Phi) is 32.6. The first-order valence-corrected chi connectivity index (χ1v) is 49.8. The van der Waals surface area contributed by atoms with Gasteiger partial charge in [-0.1, -0.05) is 296 Å². The van der Waals surface area contributed by atoms with Gasteiger partial charge in [0, 0.05) is 0 Å². The van der Waals surface area contributed by atoms with E-state index in [9.17, 15) is 0 Å². The molecule has 0 saturated carbocycles. The fourth-order valence-electron chi connectivity index (χ4n) is 19.0. The zero-order chi connectivity index (χ0) is 88.0. The van der Waals surface area contributed by atoms with Gasteiger partial charge in [0.2, 0.25) is 0 Å². The summed E-state index contributed by atoms with van der Waals surface area (Å²) in [5.41, 5.74) is 12.5. The first kappa shape index (κ1) is 90.6.